The first-order valence-electron chi connectivity index (χ1n) is 12.5. The molecule has 3 heteroatoms. The molecule has 0 amide bonds. The zero-order valence-corrected chi connectivity index (χ0v) is 21.0. The van der Waals surface area contributed by atoms with Crippen molar-refractivity contribution in [3.8, 4) is 11.3 Å². The fourth-order valence-electron chi connectivity index (χ4n) is 5.75. The Bertz CT molecular complexity index is 1590. The number of hydrogen-bond acceptors (Lipinski definition) is 3. The van der Waals surface area contributed by atoms with Gasteiger partial charge in [-0.3, -0.25) is 0 Å². The fourth-order valence-corrected chi connectivity index (χ4v) is 5.75. The van der Waals surface area contributed by atoms with Crippen LogP contribution in [0.5, 0.6) is 0 Å². The minimum Gasteiger partial charge on any atom is -0.455 e. The average Bonchev–Trinajstić information content (AvgIpc) is 3.16. The standard InChI is InChI=1S/C31H32N2O/c1-17(2)15-19-11-13-21-25-26-22(14-12-20(16-18(3)4)29(26)34-28(19)25)31(5,6)30-27(21)32-23-9-7-8-10-24(23)33-30/h7-14,17-18H,15-16H2,1-6H3. The molecule has 2 aromatic heterocycles. The number of furan rings is 1. The highest BCUT2D eigenvalue weighted by atomic mass is 16.3. The molecule has 6 rings (SSSR count). The van der Waals surface area contributed by atoms with Gasteiger partial charge in [-0.25, -0.2) is 9.97 Å². The lowest BCUT2D eigenvalue weighted by Gasteiger charge is -2.26. The molecule has 1 aliphatic rings. The van der Waals surface area contributed by atoms with Crippen LogP contribution in [0.25, 0.3) is 44.2 Å². The van der Waals surface area contributed by atoms with E-state index in [1.165, 1.54) is 27.5 Å². The molecular weight excluding hydrogens is 416 g/mol. The van der Waals surface area contributed by atoms with E-state index < -0.39 is 0 Å². The van der Waals surface area contributed by atoms with Crippen LogP contribution in [0.2, 0.25) is 0 Å². The van der Waals surface area contributed by atoms with Crippen molar-refractivity contribution in [3.63, 3.8) is 0 Å². The highest BCUT2D eigenvalue weighted by molar-refractivity contribution is 6.16. The van der Waals surface area contributed by atoms with Crippen LogP contribution in [0.15, 0.2) is 52.9 Å². The summed E-state index contributed by atoms with van der Waals surface area (Å²) in [5, 5.41) is 2.47. The molecule has 0 radical (unpaired) electrons. The van der Waals surface area contributed by atoms with E-state index in [0.717, 1.165) is 52.0 Å². The smallest absolute Gasteiger partial charge is 0.139 e. The van der Waals surface area contributed by atoms with E-state index in [4.69, 9.17) is 14.4 Å². The van der Waals surface area contributed by atoms with Gasteiger partial charge < -0.3 is 4.42 Å². The lowest BCUT2D eigenvalue weighted by atomic mass is 9.79. The molecule has 34 heavy (non-hydrogen) atoms. The van der Waals surface area contributed by atoms with E-state index in [0.29, 0.717) is 11.8 Å². The molecule has 0 saturated carbocycles. The molecule has 1 aliphatic carbocycles. The van der Waals surface area contributed by atoms with Gasteiger partial charge in [0.2, 0.25) is 0 Å². The third kappa shape index (κ3) is 3.02. The zero-order chi connectivity index (χ0) is 23.8. The summed E-state index contributed by atoms with van der Waals surface area (Å²) < 4.78 is 6.82. The number of para-hydroxylation sites is 2. The van der Waals surface area contributed by atoms with Crippen LogP contribution < -0.4 is 0 Å². The molecule has 0 spiro atoms. The summed E-state index contributed by atoms with van der Waals surface area (Å²) in [5.74, 6) is 1.11. The Morgan fingerprint density at radius 2 is 1.32 bits per heavy atom. The number of nitrogens with zero attached hydrogens (tertiary/aromatic N) is 2. The van der Waals surface area contributed by atoms with Crippen LogP contribution >= 0.6 is 0 Å². The van der Waals surface area contributed by atoms with Crippen molar-refractivity contribution in [1.82, 2.24) is 9.97 Å². The van der Waals surface area contributed by atoms with Crippen molar-refractivity contribution in [2.75, 3.05) is 0 Å². The Labute approximate surface area is 201 Å². The maximum Gasteiger partial charge on any atom is 0.139 e. The van der Waals surface area contributed by atoms with Crippen LogP contribution in [0, 0.1) is 11.8 Å². The van der Waals surface area contributed by atoms with E-state index in [2.05, 4.69) is 77.9 Å². The largest absolute Gasteiger partial charge is 0.455 e. The van der Waals surface area contributed by atoms with Crippen LogP contribution in [-0.4, -0.2) is 9.97 Å². The third-order valence-corrected chi connectivity index (χ3v) is 7.28. The van der Waals surface area contributed by atoms with Gasteiger partial charge in [-0.2, -0.15) is 0 Å². The molecule has 0 bridgehead atoms. The lowest BCUT2D eigenvalue weighted by molar-refractivity contribution is 0.603. The highest BCUT2D eigenvalue weighted by Gasteiger charge is 2.37. The quantitative estimate of drug-likeness (QED) is 0.278. The van der Waals surface area contributed by atoms with Crippen LogP contribution in [0.4, 0.5) is 0 Å². The minimum absolute atomic E-state index is 0.311. The van der Waals surface area contributed by atoms with E-state index in [1.54, 1.807) is 0 Å². The van der Waals surface area contributed by atoms with Crippen LogP contribution in [0.3, 0.4) is 0 Å². The van der Waals surface area contributed by atoms with Gasteiger partial charge in [0.1, 0.15) is 11.2 Å². The molecule has 0 aliphatic heterocycles. The second-order valence-corrected chi connectivity index (χ2v) is 11.3. The Morgan fingerprint density at radius 1 is 0.735 bits per heavy atom. The Kier molecular flexibility index (Phi) is 4.64. The molecule has 0 saturated heterocycles. The van der Waals surface area contributed by atoms with E-state index >= 15 is 0 Å². The first-order valence-corrected chi connectivity index (χ1v) is 12.5. The second-order valence-electron chi connectivity index (χ2n) is 11.3. The SMILES string of the molecule is CC(C)Cc1ccc2c3c1oc1c(CC(C)C)ccc(c13)C(C)(C)c1nc3ccccc3nc1-2. The molecular formula is C31H32N2O. The first-order chi connectivity index (χ1) is 16.3. The molecule has 2 heterocycles. The number of fused-ring (bicyclic) bond motifs is 3. The van der Waals surface area contributed by atoms with Gasteiger partial charge in [0, 0.05) is 21.8 Å². The van der Waals surface area contributed by atoms with E-state index in [-0.39, 0.29) is 5.41 Å². The van der Waals surface area contributed by atoms with Crippen molar-refractivity contribution in [3.05, 3.63) is 70.9 Å². The Balaban J connectivity index is 1.81. The summed E-state index contributed by atoms with van der Waals surface area (Å²) in [6.07, 6.45) is 1.99. The van der Waals surface area contributed by atoms with Crippen LogP contribution in [-0.2, 0) is 18.3 Å². The van der Waals surface area contributed by atoms with Crippen molar-refractivity contribution >= 4 is 33.0 Å². The summed E-state index contributed by atoms with van der Waals surface area (Å²) in [5.41, 5.74) is 10.6. The second kappa shape index (κ2) is 7.40. The predicted molar refractivity (Wildman–Crippen MR) is 141 cm³/mol. The number of aromatic nitrogens is 2. The molecule has 0 fully saturated rings. The number of hydrogen-bond donors (Lipinski definition) is 0. The molecule has 0 unspecified atom stereocenters. The average molecular weight is 449 g/mol. The summed E-state index contributed by atoms with van der Waals surface area (Å²) in [6, 6.07) is 17.3. The number of rotatable bonds is 4. The maximum absolute atomic E-state index is 6.82. The molecule has 5 aromatic rings. The molecule has 3 nitrogen and oxygen atoms in total. The lowest BCUT2D eigenvalue weighted by Crippen LogP contribution is -2.22. The first kappa shape index (κ1) is 21.3. The monoisotopic (exact) mass is 448 g/mol. The zero-order valence-electron chi connectivity index (χ0n) is 21.0. The van der Waals surface area contributed by atoms with E-state index in [9.17, 15) is 0 Å². The number of benzene rings is 3. The van der Waals surface area contributed by atoms with Gasteiger partial charge in [0.15, 0.2) is 0 Å². The fraction of sp³-hybridized carbons (Fsp3) is 0.355. The molecule has 172 valence electrons. The van der Waals surface area contributed by atoms with Gasteiger partial charge in [0.25, 0.3) is 0 Å². The normalized spacial score (nSPS) is 14.6. The predicted octanol–water partition coefficient (Wildman–Crippen LogP) is 8.23. The summed E-state index contributed by atoms with van der Waals surface area (Å²) >= 11 is 0. The topological polar surface area (TPSA) is 38.9 Å². The summed E-state index contributed by atoms with van der Waals surface area (Å²) in [6.45, 7) is 13.7. The summed E-state index contributed by atoms with van der Waals surface area (Å²) in [7, 11) is 0. The van der Waals surface area contributed by atoms with Crippen LogP contribution in [0.1, 0.15) is 63.9 Å². The van der Waals surface area contributed by atoms with Crippen molar-refractivity contribution in [2.24, 2.45) is 11.8 Å². The molecule has 0 N–H and O–H groups in total. The Hall–Kier alpha value is -3.20. The van der Waals surface area contributed by atoms with Gasteiger partial charge in [-0.15, -0.1) is 0 Å². The maximum atomic E-state index is 6.82. The van der Waals surface area contributed by atoms with Gasteiger partial charge >= 0.3 is 0 Å². The van der Waals surface area contributed by atoms with Crippen molar-refractivity contribution in [2.45, 2.75) is 59.8 Å². The minimum atomic E-state index is -0.311. The van der Waals surface area contributed by atoms with Gasteiger partial charge in [-0.1, -0.05) is 77.9 Å². The van der Waals surface area contributed by atoms with Crippen molar-refractivity contribution < 1.29 is 4.42 Å². The summed E-state index contributed by atoms with van der Waals surface area (Å²) in [4.78, 5) is 10.4. The van der Waals surface area contributed by atoms with E-state index in [1.807, 2.05) is 12.1 Å². The Morgan fingerprint density at radius 3 is 1.97 bits per heavy atom. The molecule has 0 atom stereocenters. The molecule has 3 aromatic carbocycles. The van der Waals surface area contributed by atoms with Crippen molar-refractivity contribution in [1.29, 1.82) is 0 Å². The third-order valence-electron chi connectivity index (χ3n) is 7.28. The van der Waals surface area contributed by atoms with Gasteiger partial charge in [-0.05, 0) is 53.5 Å². The highest BCUT2D eigenvalue weighted by Crippen LogP contribution is 2.50. The van der Waals surface area contributed by atoms with Gasteiger partial charge in [0.05, 0.1) is 22.4 Å².